The third-order valence-electron chi connectivity index (χ3n) is 6.33. The van der Waals surface area contributed by atoms with Gasteiger partial charge in [0, 0.05) is 19.1 Å². The van der Waals surface area contributed by atoms with Gasteiger partial charge >= 0.3 is 11.7 Å². The molecule has 152 valence electrons. The molecule has 2 aromatic rings. The van der Waals surface area contributed by atoms with E-state index in [1.807, 2.05) is 6.92 Å². The number of fused-ring (bicyclic) bond motifs is 3. The van der Waals surface area contributed by atoms with Gasteiger partial charge in [0.25, 0.3) is 0 Å². The average Bonchev–Trinajstić information content (AvgIpc) is 3.32. The molecular formula is C19H24N2O6S. The molecule has 2 fully saturated rings. The molecule has 2 aliphatic heterocycles. The Morgan fingerprint density at radius 3 is 2.75 bits per heavy atom. The number of aromatic nitrogens is 1. The van der Waals surface area contributed by atoms with Crippen molar-refractivity contribution in [3.63, 3.8) is 0 Å². The number of carbonyl (C=O) groups excluding carboxylic acids is 1. The van der Waals surface area contributed by atoms with Crippen molar-refractivity contribution in [2.45, 2.75) is 56.5 Å². The van der Waals surface area contributed by atoms with Crippen molar-refractivity contribution in [2.24, 2.45) is 12.5 Å². The molecule has 3 atom stereocenters. The minimum atomic E-state index is -3.83. The Hall–Kier alpha value is -2.13. The summed E-state index contributed by atoms with van der Waals surface area (Å²) in [5, 5.41) is 0. The maximum atomic E-state index is 13.5. The van der Waals surface area contributed by atoms with Gasteiger partial charge in [-0.1, -0.05) is 6.92 Å². The van der Waals surface area contributed by atoms with Crippen molar-refractivity contribution in [3.8, 4) is 0 Å². The van der Waals surface area contributed by atoms with Crippen molar-refractivity contribution >= 4 is 27.1 Å². The molecule has 2 saturated heterocycles. The van der Waals surface area contributed by atoms with E-state index in [1.165, 1.54) is 34.1 Å². The molecule has 0 spiro atoms. The van der Waals surface area contributed by atoms with Crippen molar-refractivity contribution in [1.29, 1.82) is 0 Å². The maximum Gasteiger partial charge on any atom is 0.419 e. The number of benzene rings is 1. The zero-order valence-corrected chi connectivity index (χ0v) is 17.0. The van der Waals surface area contributed by atoms with Crippen molar-refractivity contribution in [1.82, 2.24) is 8.87 Å². The molecule has 1 aromatic carbocycles. The Balaban J connectivity index is 1.77. The van der Waals surface area contributed by atoms with E-state index >= 15 is 0 Å². The first-order chi connectivity index (χ1) is 13.3. The molecule has 0 amide bonds. The summed E-state index contributed by atoms with van der Waals surface area (Å²) >= 11 is 0. The van der Waals surface area contributed by atoms with Gasteiger partial charge in [-0.25, -0.2) is 13.2 Å². The minimum Gasteiger partial charge on any atom is -0.466 e. The van der Waals surface area contributed by atoms with Crippen LogP contribution in [0.25, 0.3) is 11.1 Å². The number of carbonyl (C=O) groups is 1. The van der Waals surface area contributed by atoms with Gasteiger partial charge in [-0.2, -0.15) is 4.31 Å². The third-order valence-corrected chi connectivity index (χ3v) is 8.29. The van der Waals surface area contributed by atoms with Gasteiger partial charge in [-0.3, -0.25) is 9.36 Å². The van der Waals surface area contributed by atoms with Crippen molar-refractivity contribution in [3.05, 3.63) is 28.7 Å². The molecule has 1 aromatic heterocycles. The molecule has 0 aliphatic carbocycles. The van der Waals surface area contributed by atoms with Gasteiger partial charge in [0.1, 0.15) is 0 Å². The Labute approximate surface area is 163 Å². The second-order valence-electron chi connectivity index (χ2n) is 7.57. The number of nitrogens with zero attached hydrogens (tertiary/aromatic N) is 2. The molecule has 0 N–H and O–H groups in total. The molecule has 0 saturated carbocycles. The summed E-state index contributed by atoms with van der Waals surface area (Å²) in [7, 11) is -2.30. The second-order valence-corrected chi connectivity index (χ2v) is 9.42. The number of oxazole rings is 1. The minimum absolute atomic E-state index is 0.101. The highest BCUT2D eigenvalue weighted by molar-refractivity contribution is 7.89. The highest BCUT2D eigenvalue weighted by Crippen LogP contribution is 2.54. The van der Waals surface area contributed by atoms with Crippen molar-refractivity contribution < 1.29 is 22.4 Å². The summed E-state index contributed by atoms with van der Waals surface area (Å²) in [5.41, 5.74) is -0.0338. The van der Waals surface area contributed by atoms with Crippen LogP contribution in [0, 0.1) is 5.41 Å². The van der Waals surface area contributed by atoms with Gasteiger partial charge in [-0.05, 0) is 50.8 Å². The summed E-state index contributed by atoms with van der Waals surface area (Å²) in [6.45, 7) is 3.94. The molecule has 2 aliphatic rings. The quantitative estimate of drug-likeness (QED) is 0.702. The van der Waals surface area contributed by atoms with Gasteiger partial charge in [0.05, 0.1) is 22.4 Å². The van der Waals surface area contributed by atoms with E-state index in [4.69, 9.17) is 9.15 Å². The largest absolute Gasteiger partial charge is 0.466 e. The molecule has 9 heteroatoms. The monoisotopic (exact) mass is 408 g/mol. The molecule has 0 radical (unpaired) electrons. The fourth-order valence-electron chi connectivity index (χ4n) is 4.90. The first kappa shape index (κ1) is 19.2. The van der Waals surface area contributed by atoms with Gasteiger partial charge in [0.2, 0.25) is 10.0 Å². The van der Waals surface area contributed by atoms with Crippen LogP contribution < -0.4 is 5.76 Å². The first-order valence-electron chi connectivity index (χ1n) is 9.56. The summed E-state index contributed by atoms with van der Waals surface area (Å²) in [5.74, 6) is -0.851. The SMILES string of the molecule is CCOC(=O)[C@]1(CC)C[C@@H]2CC[C@H]1N2S(=O)(=O)c1ccc2oc(=O)n(C)c2c1. The van der Waals surface area contributed by atoms with Crippen LogP contribution in [0.5, 0.6) is 0 Å². The van der Waals surface area contributed by atoms with Crippen LogP contribution in [0.3, 0.4) is 0 Å². The molecule has 0 unspecified atom stereocenters. The van der Waals surface area contributed by atoms with E-state index in [2.05, 4.69) is 0 Å². The van der Waals surface area contributed by atoms with Gasteiger partial charge in [0.15, 0.2) is 5.58 Å². The van der Waals surface area contributed by atoms with Crippen LogP contribution in [-0.2, 0) is 26.6 Å². The molecule has 2 bridgehead atoms. The van der Waals surface area contributed by atoms with Crippen LogP contribution in [0.2, 0.25) is 0 Å². The fraction of sp³-hybridized carbons (Fsp3) is 0.579. The van der Waals surface area contributed by atoms with Crippen molar-refractivity contribution in [2.75, 3.05) is 6.61 Å². The normalized spacial score (nSPS) is 27.5. The summed E-state index contributed by atoms with van der Waals surface area (Å²) in [4.78, 5) is 24.5. The van der Waals surface area contributed by atoms with E-state index in [0.29, 0.717) is 30.4 Å². The predicted molar refractivity (Wildman–Crippen MR) is 101 cm³/mol. The number of sulfonamides is 1. The summed E-state index contributed by atoms with van der Waals surface area (Å²) < 4.78 is 40.2. The summed E-state index contributed by atoms with van der Waals surface area (Å²) in [6.07, 6.45) is 2.40. The molecular weight excluding hydrogens is 384 g/mol. The van der Waals surface area contributed by atoms with Crippen LogP contribution in [-0.4, -0.2) is 41.9 Å². The number of aryl methyl sites for hydroxylation is 1. The Morgan fingerprint density at radius 1 is 1.32 bits per heavy atom. The number of hydrogen-bond acceptors (Lipinski definition) is 6. The average molecular weight is 408 g/mol. The fourth-order valence-corrected chi connectivity index (χ4v) is 6.86. The Kier molecular flexibility index (Phi) is 4.42. The lowest BCUT2D eigenvalue weighted by Crippen LogP contribution is -2.45. The third kappa shape index (κ3) is 2.49. The van der Waals surface area contributed by atoms with Crippen LogP contribution in [0.1, 0.15) is 39.5 Å². The molecule has 28 heavy (non-hydrogen) atoms. The summed E-state index contributed by atoms with van der Waals surface area (Å²) in [6, 6.07) is 3.79. The standard InChI is InChI=1S/C19H24N2O6S/c1-4-19(17(22)26-5-2)11-12-6-9-16(19)21(12)28(24,25)13-7-8-15-14(10-13)20(3)18(23)27-15/h7-8,10,12,16H,4-6,9,11H2,1-3H3/t12-,16+,19+/m0/s1. The van der Waals surface area contributed by atoms with Gasteiger partial charge in [-0.15, -0.1) is 0 Å². The number of esters is 1. The lowest BCUT2D eigenvalue weighted by atomic mass is 9.72. The van der Waals surface area contributed by atoms with E-state index in [1.54, 1.807) is 6.92 Å². The lowest BCUT2D eigenvalue weighted by Gasteiger charge is -2.34. The number of hydrogen-bond donors (Lipinski definition) is 0. The zero-order chi connectivity index (χ0) is 20.3. The second kappa shape index (κ2) is 6.45. The number of rotatable bonds is 5. The van der Waals surface area contributed by atoms with E-state index in [-0.39, 0.29) is 23.5 Å². The topological polar surface area (TPSA) is 98.8 Å². The maximum absolute atomic E-state index is 13.5. The van der Waals surface area contributed by atoms with E-state index < -0.39 is 27.2 Å². The smallest absolute Gasteiger partial charge is 0.419 e. The van der Waals surface area contributed by atoms with Gasteiger partial charge < -0.3 is 9.15 Å². The van der Waals surface area contributed by atoms with Crippen LogP contribution in [0.15, 0.2) is 32.3 Å². The highest BCUT2D eigenvalue weighted by Gasteiger charge is 2.63. The predicted octanol–water partition coefficient (Wildman–Crippen LogP) is 2.02. The number of ether oxygens (including phenoxy) is 1. The van der Waals surface area contributed by atoms with Crippen LogP contribution >= 0.6 is 0 Å². The first-order valence-corrected chi connectivity index (χ1v) is 11.0. The lowest BCUT2D eigenvalue weighted by molar-refractivity contribution is -0.157. The zero-order valence-electron chi connectivity index (χ0n) is 16.2. The highest BCUT2D eigenvalue weighted by atomic mass is 32.2. The Bertz CT molecular complexity index is 1100. The Morgan fingerprint density at radius 2 is 2.07 bits per heavy atom. The molecule has 3 heterocycles. The van der Waals surface area contributed by atoms with E-state index in [0.717, 1.165) is 6.42 Å². The molecule has 4 rings (SSSR count). The molecule has 8 nitrogen and oxygen atoms in total. The van der Waals surface area contributed by atoms with Crippen LogP contribution in [0.4, 0.5) is 0 Å². The van der Waals surface area contributed by atoms with E-state index in [9.17, 15) is 18.0 Å².